The minimum atomic E-state index is -0.314. The fourth-order valence-electron chi connectivity index (χ4n) is 3.00. The van der Waals surface area contributed by atoms with Crippen molar-refractivity contribution in [1.29, 1.82) is 0 Å². The lowest BCUT2D eigenvalue weighted by Gasteiger charge is -2.17. The SMILES string of the molecule is CC(Nc1ccc(NC(=O)CNC(=O)Cc2ccccc2)cc1Cl)c1ccccc1. The van der Waals surface area contributed by atoms with Crippen molar-refractivity contribution in [2.24, 2.45) is 0 Å². The summed E-state index contributed by atoms with van der Waals surface area (Å²) in [5.74, 6) is -0.519. The number of hydrogen-bond acceptors (Lipinski definition) is 3. The van der Waals surface area contributed by atoms with Crippen LogP contribution in [0.3, 0.4) is 0 Å². The van der Waals surface area contributed by atoms with Gasteiger partial charge in [-0.2, -0.15) is 0 Å². The normalized spacial score (nSPS) is 11.4. The van der Waals surface area contributed by atoms with Gasteiger partial charge in [0.25, 0.3) is 0 Å². The van der Waals surface area contributed by atoms with E-state index in [0.717, 1.165) is 16.8 Å². The van der Waals surface area contributed by atoms with Crippen LogP contribution in [0, 0.1) is 0 Å². The van der Waals surface area contributed by atoms with Crippen molar-refractivity contribution >= 4 is 34.8 Å². The molecular formula is C24H24ClN3O2. The van der Waals surface area contributed by atoms with Gasteiger partial charge in [-0.05, 0) is 36.2 Å². The van der Waals surface area contributed by atoms with Gasteiger partial charge in [-0.1, -0.05) is 72.3 Å². The molecule has 6 heteroatoms. The van der Waals surface area contributed by atoms with Crippen LogP contribution in [-0.2, 0) is 16.0 Å². The van der Waals surface area contributed by atoms with Crippen LogP contribution in [0.4, 0.5) is 11.4 Å². The second-order valence-corrected chi connectivity index (χ2v) is 7.37. The molecule has 3 aromatic rings. The lowest BCUT2D eigenvalue weighted by atomic mass is 10.1. The van der Waals surface area contributed by atoms with Crippen LogP contribution in [-0.4, -0.2) is 18.4 Å². The minimum absolute atomic E-state index is 0.0870. The molecule has 0 aromatic heterocycles. The number of halogens is 1. The van der Waals surface area contributed by atoms with E-state index in [1.54, 1.807) is 12.1 Å². The first-order valence-electron chi connectivity index (χ1n) is 9.73. The Balaban J connectivity index is 1.50. The Hall–Kier alpha value is -3.31. The van der Waals surface area contributed by atoms with Crippen molar-refractivity contribution in [3.05, 3.63) is 95.0 Å². The Morgan fingerprint density at radius 3 is 2.23 bits per heavy atom. The van der Waals surface area contributed by atoms with Crippen LogP contribution < -0.4 is 16.0 Å². The van der Waals surface area contributed by atoms with E-state index in [1.165, 1.54) is 0 Å². The van der Waals surface area contributed by atoms with Gasteiger partial charge in [0.2, 0.25) is 11.8 Å². The second kappa shape index (κ2) is 10.5. The van der Waals surface area contributed by atoms with Crippen molar-refractivity contribution in [2.75, 3.05) is 17.2 Å². The number of amides is 2. The quantitative estimate of drug-likeness (QED) is 0.488. The molecule has 1 atom stereocenters. The Labute approximate surface area is 181 Å². The average Bonchev–Trinajstić information content (AvgIpc) is 2.75. The van der Waals surface area contributed by atoms with Crippen LogP contribution in [0.2, 0.25) is 5.02 Å². The summed E-state index contributed by atoms with van der Waals surface area (Å²) in [5, 5.41) is 9.25. The molecule has 0 saturated heterocycles. The molecule has 3 rings (SSSR count). The summed E-state index contributed by atoms with van der Waals surface area (Å²) in [5.41, 5.74) is 3.40. The first-order valence-corrected chi connectivity index (χ1v) is 10.1. The van der Waals surface area contributed by atoms with E-state index in [9.17, 15) is 9.59 Å². The molecule has 0 aliphatic rings. The standard InChI is InChI=1S/C24H24ClN3O2/c1-17(19-10-6-3-7-11-19)27-22-13-12-20(15-21(22)25)28-24(30)16-26-23(29)14-18-8-4-2-5-9-18/h2-13,15,17,27H,14,16H2,1H3,(H,26,29)(H,28,30). The number of rotatable bonds is 8. The summed E-state index contributed by atoms with van der Waals surface area (Å²) < 4.78 is 0. The van der Waals surface area contributed by atoms with E-state index in [-0.39, 0.29) is 30.8 Å². The Morgan fingerprint density at radius 1 is 0.900 bits per heavy atom. The average molecular weight is 422 g/mol. The fraction of sp³-hybridized carbons (Fsp3) is 0.167. The second-order valence-electron chi connectivity index (χ2n) is 6.96. The number of hydrogen-bond donors (Lipinski definition) is 3. The third-order valence-corrected chi connectivity index (χ3v) is 4.89. The molecule has 5 nitrogen and oxygen atoms in total. The predicted molar refractivity (Wildman–Crippen MR) is 122 cm³/mol. The number of anilines is 2. The van der Waals surface area contributed by atoms with Crippen molar-refractivity contribution in [2.45, 2.75) is 19.4 Å². The number of carbonyl (C=O) groups is 2. The molecule has 1 unspecified atom stereocenters. The molecule has 3 aromatic carbocycles. The third kappa shape index (κ3) is 6.36. The maximum absolute atomic E-state index is 12.1. The molecule has 0 aliphatic carbocycles. The predicted octanol–water partition coefficient (Wildman–Crippen LogP) is 4.81. The highest BCUT2D eigenvalue weighted by Gasteiger charge is 2.10. The van der Waals surface area contributed by atoms with E-state index in [2.05, 4.69) is 22.9 Å². The van der Waals surface area contributed by atoms with Crippen LogP contribution in [0.15, 0.2) is 78.9 Å². The molecule has 0 bridgehead atoms. The Morgan fingerprint density at radius 2 is 1.57 bits per heavy atom. The van der Waals surface area contributed by atoms with Crippen LogP contribution in [0.25, 0.3) is 0 Å². The van der Waals surface area contributed by atoms with Gasteiger partial charge in [0.15, 0.2) is 0 Å². The maximum Gasteiger partial charge on any atom is 0.243 e. The van der Waals surface area contributed by atoms with Crippen molar-refractivity contribution in [3.63, 3.8) is 0 Å². The molecule has 0 radical (unpaired) electrons. The number of benzene rings is 3. The number of carbonyl (C=O) groups excluding carboxylic acids is 2. The van der Waals surface area contributed by atoms with E-state index < -0.39 is 0 Å². The zero-order valence-electron chi connectivity index (χ0n) is 16.7. The zero-order chi connectivity index (χ0) is 21.3. The lowest BCUT2D eigenvalue weighted by molar-refractivity contribution is -0.123. The fourth-order valence-corrected chi connectivity index (χ4v) is 3.23. The highest BCUT2D eigenvalue weighted by atomic mass is 35.5. The third-order valence-electron chi connectivity index (χ3n) is 4.58. The Bertz CT molecular complexity index is 994. The molecule has 154 valence electrons. The molecular weight excluding hydrogens is 398 g/mol. The minimum Gasteiger partial charge on any atom is -0.377 e. The first-order chi connectivity index (χ1) is 14.5. The monoisotopic (exact) mass is 421 g/mol. The Kier molecular flexibility index (Phi) is 7.46. The van der Waals surface area contributed by atoms with Crippen molar-refractivity contribution in [1.82, 2.24) is 5.32 Å². The van der Waals surface area contributed by atoms with Crippen LogP contribution >= 0.6 is 11.6 Å². The first kappa shape index (κ1) is 21.4. The van der Waals surface area contributed by atoms with Gasteiger partial charge in [0, 0.05) is 11.7 Å². The molecule has 0 saturated carbocycles. The number of nitrogens with one attached hydrogen (secondary N) is 3. The molecule has 0 aliphatic heterocycles. The largest absolute Gasteiger partial charge is 0.377 e. The van der Waals surface area contributed by atoms with Gasteiger partial charge in [-0.3, -0.25) is 9.59 Å². The van der Waals surface area contributed by atoms with Crippen LogP contribution in [0.1, 0.15) is 24.1 Å². The summed E-state index contributed by atoms with van der Waals surface area (Å²) in [6.45, 7) is 1.95. The molecule has 3 N–H and O–H groups in total. The molecule has 2 amide bonds. The van der Waals surface area contributed by atoms with E-state index >= 15 is 0 Å². The van der Waals surface area contributed by atoms with Gasteiger partial charge < -0.3 is 16.0 Å². The van der Waals surface area contributed by atoms with Crippen LogP contribution in [0.5, 0.6) is 0 Å². The van der Waals surface area contributed by atoms with Gasteiger partial charge in [-0.15, -0.1) is 0 Å². The lowest BCUT2D eigenvalue weighted by Crippen LogP contribution is -2.33. The summed E-state index contributed by atoms with van der Waals surface area (Å²) in [6.07, 6.45) is 0.236. The van der Waals surface area contributed by atoms with E-state index in [0.29, 0.717) is 10.7 Å². The van der Waals surface area contributed by atoms with Gasteiger partial charge in [-0.25, -0.2) is 0 Å². The molecule has 0 fully saturated rings. The molecule has 0 spiro atoms. The van der Waals surface area contributed by atoms with E-state index in [4.69, 9.17) is 11.6 Å². The van der Waals surface area contributed by atoms with E-state index in [1.807, 2.05) is 66.7 Å². The topological polar surface area (TPSA) is 70.2 Å². The molecule has 30 heavy (non-hydrogen) atoms. The molecule has 0 heterocycles. The van der Waals surface area contributed by atoms with Crippen molar-refractivity contribution in [3.8, 4) is 0 Å². The summed E-state index contributed by atoms with van der Waals surface area (Å²) in [7, 11) is 0. The smallest absolute Gasteiger partial charge is 0.243 e. The zero-order valence-corrected chi connectivity index (χ0v) is 17.4. The summed E-state index contributed by atoms with van der Waals surface area (Å²) in [4.78, 5) is 24.1. The highest BCUT2D eigenvalue weighted by Crippen LogP contribution is 2.28. The van der Waals surface area contributed by atoms with Gasteiger partial charge in [0.1, 0.15) is 0 Å². The highest BCUT2D eigenvalue weighted by molar-refractivity contribution is 6.33. The van der Waals surface area contributed by atoms with Gasteiger partial charge in [0.05, 0.1) is 23.7 Å². The maximum atomic E-state index is 12.1. The summed E-state index contributed by atoms with van der Waals surface area (Å²) >= 11 is 6.38. The van der Waals surface area contributed by atoms with Crippen molar-refractivity contribution < 1.29 is 9.59 Å². The summed E-state index contributed by atoms with van der Waals surface area (Å²) in [6, 6.07) is 24.8. The van der Waals surface area contributed by atoms with Gasteiger partial charge >= 0.3 is 0 Å².